The highest BCUT2D eigenvalue weighted by molar-refractivity contribution is 7.99. The summed E-state index contributed by atoms with van der Waals surface area (Å²) in [5, 5.41) is 3.50. The summed E-state index contributed by atoms with van der Waals surface area (Å²) in [4.78, 5) is 2.65. The van der Waals surface area contributed by atoms with Crippen molar-refractivity contribution in [3.63, 3.8) is 0 Å². The Balaban J connectivity index is 2.17. The lowest BCUT2D eigenvalue weighted by atomic mass is 10.1. The van der Waals surface area contributed by atoms with Crippen LogP contribution in [0, 0.1) is 13.8 Å². The third-order valence-corrected chi connectivity index (χ3v) is 4.49. The van der Waals surface area contributed by atoms with Gasteiger partial charge in [0.1, 0.15) is 0 Å². The number of nitrogens with one attached hydrogen (secondary N) is 1. The zero-order valence-electron chi connectivity index (χ0n) is 12.7. The van der Waals surface area contributed by atoms with Crippen molar-refractivity contribution in [2.75, 3.05) is 0 Å². The van der Waals surface area contributed by atoms with Gasteiger partial charge in [-0.25, -0.2) is 0 Å². The molecule has 0 radical (unpaired) electrons. The van der Waals surface area contributed by atoms with Crippen molar-refractivity contribution in [1.82, 2.24) is 5.32 Å². The Labute approximate surface area is 126 Å². The minimum Gasteiger partial charge on any atom is -0.310 e. The predicted octanol–water partition coefficient (Wildman–Crippen LogP) is 4.95. The first-order chi connectivity index (χ1) is 9.56. The van der Waals surface area contributed by atoms with E-state index in [1.807, 2.05) is 11.8 Å². The van der Waals surface area contributed by atoms with Crippen LogP contribution in [0.25, 0.3) is 0 Å². The monoisotopic (exact) mass is 285 g/mol. The van der Waals surface area contributed by atoms with Gasteiger partial charge in [-0.05, 0) is 48.7 Å². The van der Waals surface area contributed by atoms with Crippen LogP contribution in [0.5, 0.6) is 0 Å². The Morgan fingerprint density at radius 2 is 1.75 bits per heavy atom. The molecule has 0 fully saturated rings. The van der Waals surface area contributed by atoms with E-state index in [1.165, 1.54) is 26.5 Å². The molecule has 0 atom stereocenters. The van der Waals surface area contributed by atoms with Crippen LogP contribution in [0.4, 0.5) is 0 Å². The molecule has 0 aliphatic carbocycles. The molecule has 0 aliphatic rings. The molecule has 2 heteroatoms. The first kappa shape index (κ1) is 15.1. The second kappa shape index (κ2) is 6.96. The first-order valence-corrected chi connectivity index (χ1v) is 7.94. The predicted molar refractivity (Wildman–Crippen MR) is 88.5 cm³/mol. The summed E-state index contributed by atoms with van der Waals surface area (Å²) in [6, 6.07) is 15.8. The Kier molecular flexibility index (Phi) is 5.27. The minimum atomic E-state index is 0.509. The summed E-state index contributed by atoms with van der Waals surface area (Å²) in [5.74, 6) is 0. The van der Waals surface area contributed by atoms with E-state index in [9.17, 15) is 0 Å². The van der Waals surface area contributed by atoms with Crippen LogP contribution in [-0.2, 0) is 6.54 Å². The number of benzene rings is 2. The van der Waals surface area contributed by atoms with Crippen LogP contribution < -0.4 is 5.32 Å². The van der Waals surface area contributed by atoms with Crippen LogP contribution >= 0.6 is 11.8 Å². The molecule has 0 saturated carbocycles. The molecule has 0 bridgehead atoms. The summed E-state index contributed by atoms with van der Waals surface area (Å²) in [6.45, 7) is 9.61. The van der Waals surface area contributed by atoms with E-state index in [0.29, 0.717) is 6.04 Å². The van der Waals surface area contributed by atoms with Crippen LogP contribution in [0.15, 0.2) is 52.3 Å². The molecule has 0 heterocycles. The molecule has 1 N–H and O–H groups in total. The summed E-state index contributed by atoms with van der Waals surface area (Å²) >= 11 is 1.85. The average Bonchev–Trinajstić information content (AvgIpc) is 2.42. The topological polar surface area (TPSA) is 12.0 Å². The van der Waals surface area contributed by atoms with E-state index in [0.717, 1.165) is 6.54 Å². The molecular formula is C18H23NS. The number of hydrogen-bond donors (Lipinski definition) is 1. The van der Waals surface area contributed by atoms with Crippen molar-refractivity contribution in [3.8, 4) is 0 Å². The fourth-order valence-corrected chi connectivity index (χ4v) is 3.01. The van der Waals surface area contributed by atoms with Gasteiger partial charge < -0.3 is 5.32 Å². The molecule has 0 aliphatic heterocycles. The van der Waals surface area contributed by atoms with Crippen LogP contribution in [0.2, 0.25) is 0 Å². The fraction of sp³-hybridized carbons (Fsp3) is 0.333. The van der Waals surface area contributed by atoms with Gasteiger partial charge in [-0.2, -0.15) is 0 Å². The van der Waals surface area contributed by atoms with Gasteiger partial charge in [-0.15, -0.1) is 0 Å². The van der Waals surface area contributed by atoms with Crippen molar-refractivity contribution < 1.29 is 0 Å². The maximum absolute atomic E-state index is 3.50. The number of hydrogen-bond acceptors (Lipinski definition) is 2. The smallest absolute Gasteiger partial charge is 0.0219 e. The highest BCUT2D eigenvalue weighted by atomic mass is 32.2. The maximum atomic E-state index is 3.50. The van der Waals surface area contributed by atoms with Crippen molar-refractivity contribution in [2.45, 2.75) is 50.1 Å². The average molecular weight is 285 g/mol. The Bertz CT molecular complexity index is 575. The SMILES string of the molecule is Cc1ccc(Sc2ccccc2CNC(C)C)cc1C. The zero-order valence-corrected chi connectivity index (χ0v) is 13.6. The Morgan fingerprint density at radius 3 is 2.45 bits per heavy atom. The minimum absolute atomic E-state index is 0.509. The highest BCUT2D eigenvalue weighted by Gasteiger charge is 2.05. The normalized spacial score (nSPS) is 11.1. The molecule has 20 heavy (non-hydrogen) atoms. The van der Waals surface area contributed by atoms with E-state index >= 15 is 0 Å². The third-order valence-electron chi connectivity index (χ3n) is 3.38. The fourth-order valence-electron chi connectivity index (χ4n) is 1.97. The van der Waals surface area contributed by atoms with E-state index in [4.69, 9.17) is 0 Å². The molecule has 0 amide bonds. The van der Waals surface area contributed by atoms with Crippen molar-refractivity contribution in [2.24, 2.45) is 0 Å². The van der Waals surface area contributed by atoms with E-state index in [1.54, 1.807) is 0 Å². The van der Waals surface area contributed by atoms with Gasteiger partial charge in [0.15, 0.2) is 0 Å². The molecular weight excluding hydrogens is 262 g/mol. The van der Waals surface area contributed by atoms with Gasteiger partial charge in [0.25, 0.3) is 0 Å². The largest absolute Gasteiger partial charge is 0.310 e. The standard InChI is InChI=1S/C18H23NS/c1-13(2)19-12-16-7-5-6-8-18(16)20-17-10-9-14(3)15(4)11-17/h5-11,13,19H,12H2,1-4H3. The molecule has 2 aromatic rings. The number of rotatable bonds is 5. The lowest BCUT2D eigenvalue weighted by molar-refractivity contribution is 0.585. The highest BCUT2D eigenvalue weighted by Crippen LogP contribution is 2.31. The first-order valence-electron chi connectivity index (χ1n) is 7.12. The van der Waals surface area contributed by atoms with Gasteiger partial charge >= 0.3 is 0 Å². The van der Waals surface area contributed by atoms with Crippen molar-refractivity contribution in [1.29, 1.82) is 0 Å². The summed E-state index contributed by atoms with van der Waals surface area (Å²) in [5.41, 5.74) is 4.07. The Morgan fingerprint density at radius 1 is 1.00 bits per heavy atom. The van der Waals surface area contributed by atoms with E-state index < -0.39 is 0 Å². The molecule has 106 valence electrons. The van der Waals surface area contributed by atoms with Crippen molar-refractivity contribution in [3.05, 3.63) is 59.2 Å². The summed E-state index contributed by atoms with van der Waals surface area (Å²) in [6.07, 6.45) is 0. The third kappa shape index (κ3) is 4.12. The van der Waals surface area contributed by atoms with Gasteiger partial charge in [-0.3, -0.25) is 0 Å². The lowest BCUT2D eigenvalue weighted by Crippen LogP contribution is -2.22. The molecule has 0 aromatic heterocycles. The van der Waals surface area contributed by atoms with E-state index in [2.05, 4.69) is 75.5 Å². The van der Waals surface area contributed by atoms with Crippen LogP contribution in [0.3, 0.4) is 0 Å². The zero-order chi connectivity index (χ0) is 14.5. The molecule has 1 nitrogen and oxygen atoms in total. The van der Waals surface area contributed by atoms with Crippen molar-refractivity contribution >= 4 is 11.8 Å². The van der Waals surface area contributed by atoms with Crippen LogP contribution in [0.1, 0.15) is 30.5 Å². The van der Waals surface area contributed by atoms with E-state index in [-0.39, 0.29) is 0 Å². The van der Waals surface area contributed by atoms with Gasteiger partial charge in [-0.1, -0.05) is 49.9 Å². The second-order valence-corrected chi connectivity index (χ2v) is 6.61. The second-order valence-electron chi connectivity index (χ2n) is 5.49. The van der Waals surface area contributed by atoms with Gasteiger partial charge in [0, 0.05) is 22.4 Å². The molecule has 2 aromatic carbocycles. The quantitative estimate of drug-likeness (QED) is 0.834. The Hall–Kier alpha value is -1.25. The van der Waals surface area contributed by atoms with Gasteiger partial charge in [0.2, 0.25) is 0 Å². The molecule has 2 rings (SSSR count). The van der Waals surface area contributed by atoms with Crippen LogP contribution in [-0.4, -0.2) is 6.04 Å². The maximum Gasteiger partial charge on any atom is 0.0219 e. The van der Waals surface area contributed by atoms with Gasteiger partial charge in [0.05, 0.1) is 0 Å². The molecule has 0 unspecified atom stereocenters. The summed E-state index contributed by atoms with van der Waals surface area (Å²) in [7, 11) is 0. The summed E-state index contributed by atoms with van der Waals surface area (Å²) < 4.78 is 0. The molecule has 0 saturated heterocycles. The number of aryl methyl sites for hydroxylation is 2. The molecule has 0 spiro atoms. The lowest BCUT2D eigenvalue weighted by Gasteiger charge is -2.13.